The second kappa shape index (κ2) is 5.98. The van der Waals surface area contributed by atoms with Gasteiger partial charge in [0.1, 0.15) is 0 Å². The number of nitrogens with one attached hydrogen (secondary N) is 1. The van der Waals surface area contributed by atoms with Crippen LogP contribution in [0, 0.1) is 12.3 Å². The highest BCUT2D eigenvalue weighted by Gasteiger charge is 2.38. The maximum Gasteiger partial charge on any atom is 0.490 e. The summed E-state index contributed by atoms with van der Waals surface area (Å²) in [6, 6.07) is 0. The van der Waals surface area contributed by atoms with E-state index in [1.165, 1.54) is 0 Å². The molecular weight excluding hydrogens is 215 g/mol. The van der Waals surface area contributed by atoms with Crippen LogP contribution in [0.4, 0.5) is 13.2 Å². The largest absolute Gasteiger partial charge is 0.490 e. The highest BCUT2D eigenvalue weighted by atomic mass is 19.4. The van der Waals surface area contributed by atoms with Gasteiger partial charge in [-0.05, 0) is 0 Å². The molecule has 2 N–H and O–H groups in total. The van der Waals surface area contributed by atoms with Crippen LogP contribution in [0.15, 0.2) is 10.2 Å². The Morgan fingerprint density at radius 3 is 2.27 bits per heavy atom. The molecule has 1 rings (SSSR count). The first-order valence-corrected chi connectivity index (χ1v) is 3.72. The van der Waals surface area contributed by atoms with Crippen molar-refractivity contribution in [2.75, 3.05) is 13.1 Å². The summed E-state index contributed by atoms with van der Waals surface area (Å²) in [5.41, 5.74) is 0. The van der Waals surface area contributed by atoms with Gasteiger partial charge in [0.2, 0.25) is 0 Å². The third-order valence-electron chi connectivity index (χ3n) is 1.08. The number of hydrogen-bond donors (Lipinski definition) is 2. The Bertz CT molecular complexity index is 276. The zero-order valence-corrected chi connectivity index (χ0v) is 7.45. The van der Waals surface area contributed by atoms with Crippen molar-refractivity contribution in [1.29, 1.82) is 0 Å². The van der Waals surface area contributed by atoms with E-state index in [9.17, 15) is 13.2 Å². The van der Waals surface area contributed by atoms with E-state index in [-0.39, 0.29) is 6.17 Å². The molecule has 0 atom stereocenters. The molecule has 0 amide bonds. The summed E-state index contributed by atoms with van der Waals surface area (Å²) >= 11 is 0. The fraction of sp³-hybridized carbons (Fsp3) is 0.571. The summed E-state index contributed by atoms with van der Waals surface area (Å²) < 4.78 is 31.7. The maximum absolute atomic E-state index is 10.6. The van der Waals surface area contributed by atoms with Crippen LogP contribution >= 0.6 is 0 Å². The lowest BCUT2D eigenvalue weighted by Gasteiger charge is -1.93. The first-order chi connectivity index (χ1) is 6.88. The number of aliphatic carboxylic acids is 1. The SMILES string of the molecule is C#CCNCC1N=N1.O=C(O)C(F)(F)F. The van der Waals surface area contributed by atoms with E-state index >= 15 is 0 Å². The van der Waals surface area contributed by atoms with Crippen LogP contribution in [-0.2, 0) is 4.79 Å². The van der Waals surface area contributed by atoms with Gasteiger partial charge in [-0.3, -0.25) is 0 Å². The summed E-state index contributed by atoms with van der Waals surface area (Å²) in [6.07, 6.45) is 0.0756. The van der Waals surface area contributed by atoms with Gasteiger partial charge in [-0.2, -0.15) is 23.4 Å². The zero-order chi connectivity index (χ0) is 11.9. The average Bonchev–Trinajstić information content (AvgIpc) is 2.88. The van der Waals surface area contributed by atoms with Gasteiger partial charge in [0.15, 0.2) is 6.17 Å². The van der Waals surface area contributed by atoms with E-state index in [1.54, 1.807) is 0 Å². The molecule has 0 saturated heterocycles. The zero-order valence-electron chi connectivity index (χ0n) is 7.45. The minimum absolute atomic E-state index is 0.198. The molecule has 0 saturated carbocycles. The molecule has 1 heterocycles. The molecule has 5 nitrogen and oxygen atoms in total. The van der Waals surface area contributed by atoms with Gasteiger partial charge < -0.3 is 10.4 Å². The summed E-state index contributed by atoms with van der Waals surface area (Å²) in [5, 5.41) is 17.4. The molecular formula is C7H8F3N3O2. The van der Waals surface area contributed by atoms with Crippen LogP contribution < -0.4 is 5.32 Å². The molecule has 84 valence electrons. The van der Waals surface area contributed by atoms with Crippen LogP contribution in [0.3, 0.4) is 0 Å². The fourth-order valence-corrected chi connectivity index (χ4v) is 0.402. The van der Waals surface area contributed by atoms with Gasteiger partial charge in [0, 0.05) is 6.54 Å². The van der Waals surface area contributed by atoms with Gasteiger partial charge in [0.25, 0.3) is 0 Å². The number of rotatable bonds is 3. The third kappa shape index (κ3) is 8.70. The molecule has 0 aromatic heterocycles. The lowest BCUT2D eigenvalue weighted by molar-refractivity contribution is -0.192. The van der Waals surface area contributed by atoms with Gasteiger partial charge in [-0.1, -0.05) is 5.92 Å². The molecule has 15 heavy (non-hydrogen) atoms. The lowest BCUT2D eigenvalue weighted by Crippen LogP contribution is -2.21. The van der Waals surface area contributed by atoms with Crippen molar-refractivity contribution >= 4 is 5.97 Å². The Labute approximate surface area is 83.4 Å². The predicted molar refractivity (Wildman–Crippen MR) is 44.0 cm³/mol. The second-order valence-corrected chi connectivity index (χ2v) is 2.35. The molecule has 0 bridgehead atoms. The maximum atomic E-state index is 10.6. The average molecular weight is 223 g/mol. The molecule has 0 unspecified atom stereocenters. The van der Waals surface area contributed by atoms with Crippen LogP contribution in [0.1, 0.15) is 0 Å². The summed E-state index contributed by atoms with van der Waals surface area (Å²) in [5.74, 6) is -0.301. The van der Waals surface area contributed by atoms with Crippen molar-refractivity contribution < 1.29 is 23.1 Å². The van der Waals surface area contributed by atoms with E-state index < -0.39 is 12.1 Å². The molecule has 0 fully saturated rings. The molecule has 0 aromatic rings. The lowest BCUT2D eigenvalue weighted by atomic mass is 10.5. The van der Waals surface area contributed by atoms with Crippen molar-refractivity contribution in [3.8, 4) is 12.3 Å². The Balaban J connectivity index is 0.000000265. The molecule has 0 radical (unpaired) electrons. The van der Waals surface area contributed by atoms with Crippen LogP contribution in [-0.4, -0.2) is 36.5 Å². The summed E-state index contributed by atoms with van der Waals surface area (Å²) in [4.78, 5) is 8.90. The molecule has 1 aliphatic rings. The molecule has 0 aromatic carbocycles. The van der Waals surface area contributed by atoms with Gasteiger partial charge in [-0.15, -0.1) is 6.42 Å². The Hall–Kier alpha value is -1.62. The quantitative estimate of drug-likeness (QED) is 0.544. The number of carboxylic acid groups (broad SMARTS) is 1. The number of halogens is 3. The minimum Gasteiger partial charge on any atom is -0.475 e. The standard InChI is InChI=1S/C5H7N3.C2HF3O2/c1-2-3-6-4-5-7-8-5;3-2(4,5)1(6)7/h1,5-6H,3-4H2;(H,6,7). The van der Waals surface area contributed by atoms with Crippen molar-refractivity contribution in [3.63, 3.8) is 0 Å². The minimum atomic E-state index is -5.08. The van der Waals surface area contributed by atoms with Gasteiger partial charge in [0.05, 0.1) is 6.54 Å². The number of carbonyl (C=O) groups is 1. The van der Waals surface area contributed by atoms with Gasteiger partial charge >= 0.3 is 12.1 Å². The van der Waals surface area contributed by atoms with E-state index in [2.05, 4.69) is 21.5 Å². The van der Waals surface area contributed by atoms with Crippen molar-refractivity contribution in [2.24, 2.45) is 10.2 Å². The highest BCUT2D eigenvalue weighted by molar-refractivity contribution is 5.73. The van der Waals surface area contributed by atoms with E-state index in [0.717, 1.165) is 6.54 Å². The summed E-state index contributed by atoms with van der Waals surface area (Å²) in [7, 11) is 0. The molecule has 0 aliphatic carbocycles. The van der Waals surface area contributed by atoms with Crippen LogP contribution in [0.25, 0.3) is 0 Å². The normalized spacial score (nSPS) is 13.7. The topological polar surface area (TPSA) is 74.0 Å². The van der Waals surface area contributed by atoms with Crippen molar-refractivity contribution in [3.05, 3.63) is 0 Å². The van der Waals surface area contributed by atoms with Crippen molar-refractivity contribution in [1.82, 2.24) is 5.32 Å². The number of terminal acetylenes is 1. The first kappa shape index (κ1) is 13.4. The number of carboxylic acids is 1. The third-order valence-corrected chi connectivity index (χ3v) is 1.08. The smallest absolute Gasteiger partial charge is 0.475 e. The molecule has 8 heteroatoms. The van der Waals surface area contributed by atoms with Gasteiger partial charge in [-0.25, -0.2) is 4.79 Å². The Kier molecular flexibility index (Phi) is 5.33. The predicted octanol–water partition coefficient (Wildman–Crippen LogP) is 0.634. The van der Waals surface area contributed by atoms with E-state index in [1.807, 2.05) is 0 Å². The number of alkyl halides is 3. The number of hydrogen-bond acceptors (Lipinski definition) is 4. The highest BCUT2D eigenvalue weighted by Crippen LogP contribution is 2.13. The fourth-order valence-electron chi connectivity index (χ4n) is 0.402. The molecule has 1 aliphatic heterocycles. The molecule has 0 spiro atoms. The van der Waals surface area contributed by atoms with E-state index in [4.69, 9.17) is 16.3 Å². The number of nitrogens with zero attached hydrogens (tertiary/aromatic N) is 2. The van der Waals surface area contributed by atoms with Crippen LogP contribution in [0.2, 0.25) is 0 Å². The summed E-state index contributed by atoms with van der Waals surface area (Å²) in [6.45, 7) is 1.41. The van der Waals surface area contributed by atoms with Crippen LogP contribution in [0.5, 0.6) is 0 Å². The first-order valence-electron chi connectivity index (χ1n) is 3.72. The Morgan fingerprint density at radius 2 is 2.00 bits per heavy atom. The monoisotopic (exact) mass is 223 g/mol. The van der Waals surface area contributed by atoms with Crippen molar-refractivity contribution in [2.45, 2.75) is 12.3 Å². The Morgan fingerprint density at radius 1 is 1.53 bits per heavy atom. The second-order valence-electron chi connectivity index (χ2n) is 2.35. The van der Waals surface area contributed by atoms with E-state index in [0.29, 0.717) is 6.54 Å².